The lowest BCUT2D eigenvalue weighted by atomic mass is 10.2. The van der Waals surface area contributed by atoms with Gasteiger partial charge >= 0.3 is 0 Å². The topological polar surface area (TPSA) is 111 Å². The van der Waals surface area contributed by atoms with Crippen LogP contribution >= 0.6 is 23.2 Å². The Labute approximate surface area is 117 Å². The van der Waals surface area contributed by atoms with Crippen LogP contribution in [0.3, 0.4) is 0 Å². The molecule has 9 heteroatoms. The van der Waals surface area contributed by atoms with Crippen molar-refractivity contribution < 1.29 is 5.11 Å². The number of nitriles is 1. The van der Waals surface area contributed by atoms with E-state index in [2.05, 4.69) is 25.9 Å². The molecule has 0 saturated carbocycles. The number of aromatic amines is 1. The number of halogens is 2. The van der Waals surface area contributed by atoms with E-state index in [4.69, 9.17) is 28.5 Å². The summed E-state index contributed by atoms with van der Waals surface area (Å²) in [6.45, 7) is 0. The molecular weight excluding hydrogens is 291 g/mol. The summed E-state index contributed by atoms with van der Waals surface area (Å²) in [5.41, 5.74) is 0.679. The number of phenols is 1. The third-order valence-corrected chi connectivity index (χ3v) is 2.68. The van der Waals surface area contributed by atoms with E-state index >= 15 is 0 Å². The molecule has 1 heterocycles. The summed E-state index contributed by atoms with van der Waals surface area (Å²) in [6, 6.07) is 4.84. The minimum atomic E-state index is -0.198. The molecule has 7 nitrogen and oxygen atoms in total. The highest BCUT2D eigenvalue weighted by molar-refractivity contribution is 6.37. The Hall–Kier alpha value is -2.30. The van der Waals surface area contributed by atoms with Crippen molar-refractivity contribution in [3.05, 3.63) is 34.2 Å². The summed E-state index contributed by atoms with van der Waals surface area (Å²) >= 11 is 11.5. The van der Waals surface area contributed by atoms with E-state index in [-0.39, 0.29) is 27.2 Å². The quantitative estimate of drug-likeness (QED) is 0.591. The zero-order chi connectivity index (χ0) is 13.8. The van der Waals surface area contributed by atoms with E-state index in [0.717, 1.165) is 0 Å². The number of hydrogen-bond acceptors (Lipinski definition) is 6. The van der Waals surface area contributed by atoms with E-state index in [1.54, 1.807) is 0 Å². The van der Waals surface area contributed by atoms with Crippen molar-refractivity contribution in [2.24, 2.45) is 0 Å². The molecular formula is C10H6Cl2N6O. The molecule has 0 bridgehead atoms. The van der Waals surface area contributed by atoms with Crippen LogP contribution in [0.5, 0.6) is 5.75 Å². The van der Waals surface area contributed by atoms with Gasteiger partial charge in [0.15, 0.2) is 5.75 Å². The standard InChI is InChI=1S/C10H6Cl2N6O/c11-7-1-6(2-8(12)9(7)19)14-4-5(3-13)10-15-17-18-16-10/h1-2,4,14,19H,(H,15,16,17,18). The molecule has 19 heavy (non-hydrogen) atoms. The third-order valence-electron chi connectivity index (χ3n) is 2.11. The Morgan fingerprint density at radius 2 is 2.11 bits per heavy atom. The van der Waals surface area contributed by atoms with Crippen LogP contribution in [0.2, 0.25) is 10.0 Å². The number of H-pyrrole nitrogens is 1. The molecule has 3 N–H and O–H groups in total. The molecule has 1 aromatic carbocycles. The van der Waals surface area contributed by atoms with Gasteiger partial charge in [0.1, 0.15) is 11.6 Å². The monoisotopic (exact) mass is 296 g/mol. The summed E-state index contributed by atoms with van der Waals surface area (Å²) in [6.07, 6.45) is 1.38. The normalized spacial score (nSPS) is 11.1. The van der Waals surface area contributed by atoms with Crippen molar-refractivity contribution in [2.75, 3.05) is 5.32 Å². The summed E-state index contributed by atoms with van der Waals surface area (Å²) in [7, 11) is 0. The number of allylic oxidation sites excluding steroid dienone is 1. The second-order valence-corrected chi connectivity index (χ2v) is 4.15. The number of aromatic hydroxyl groups is 1. The lowest BCUT2D eigenvalue weighted by molar-refractivity contribution is 0.476. The van der Waals surface area contributed by atoms with Crippen LogP contribution in [-0.4, -0.2) is 25.7 Å². The number of nitrogens with one attached hydrogen (secondary N) is 2. The molecule has 96 valence electrons. The number of aromatic nitrogens is 4. The molecule has 0 aliphatic carbocycles. The van der Waals surface area contributed by atoms with E-state index in [1.807, 2.05) is 6.07 Å². The van der Waals surface area contributed by atoms with Gasteiger partial charge in [0, 0.05) is 11.9 Å². The number of nitrogens with zero attached hydrogens (tertiary/aromatic N) is 4. The fourth-order valence-corrected chi connectivity index (χ4v) is 1.71. The van der Waals surface area contributed by atoms with Crippen molar-refractivity contribution in [1.82, 2.24) is 20.6 Å². The predicted octanol–water partition coefficient (Wildman–Crippen LogP) is 2.19. The second-order valence-electron chi connectivity index (χ2n) is 3.34. The predicted molar refractivity (Wildman–Crippen MR) is 69.5 cm³/mol. The van der Waals surface area contributed by atoms with Crippen LogP contribution in [0.4, 0.5) is 5.69 Å². The average Bonchev–Trinajstić information content (AvgIpc) is 2.90. The Kier molecular flexibility index (Phi) is 3.85. The van der Waals surface area contributed by atoms with Gasteiger partial charge in [-0.3, -0.25) is 0 Å². The fourth-order valence-electron chi connectivity index (χ4n) is 1.23. The minimum absolute atomic E-state index is 0.0986. The Morgan fingerprint density at radius 3 is 2.63 bits per heavy atom. The molecule has 0 spiro atoms. The molecule has 0 amide bonds. The summed E-state index contributed by atoms with van der Waals surface area (Å²) in [5.74, 6) is -0.0393. The maximum Gasteiger partial charge on any atom is 0.216 e. The number of hydrogen-bond donors (Lipinski definition) is 3. The lowest BCUT2D eigenvalue weighted by Crippen LogP contribution is -1.93. The number of anilines is 1. The number of phenolic OH excluding ortho intramolecular Hbond substituents is 1. The molecule has 0 unspecified atom stereocenters. The van der Waals surface area contributed by atoms with E-state index < -0.39 is 0 Å². The van der Waals surface area contributed by atoms with Crippen molar-refractivity contribution in [2.45, 2.75) is 0 Å². The van der Waals surface area contributed by atoms with Gasteiger partial charge in [0.05, 0.1) is 10.0 Å². The molecule has 2 rings (SSSR count). The Balaban J connectivity index is 2.25. The Bertz CT molecular complexity index is 638. The molecule has 2 aromatic rings. The maximum absolute atomic E-state index is 9.41. The minimum Gasteiger partial charge on any atom is -0.505 e. The van der Waals surface area contributed by atoms with Crippen LogP contribution in [0.1, 0.15) is 5.82 Å². The number of tetrazole rings is 1. The van der Waals surface area contributed by atoms with Crippen LogP contribution in [0.25, 0.3) is 5.57 Å². The highest BCUT2D eigenvalue weighted by Crippen LogP contribution is 2.34. The maximum atomic E-state index is 9.41. The molecule has 0 aliphatic heterocycles. The van der Waals surface area contributed by atoms with Gasteiger partial charge < -0.3 is 10.4 Å². The fraction of sp³-hybridized carbons (Fsp3) is 0. The summed E-state index contributed by atoms with van der Waals surface area (Å²) in [4.78, 5) is 0. The first-order valence-electron chi connectivity index (χ1n) is 4.90. The van der Waals surface area contributed by atoms with Gasteiger partial charge in [-0.05, 0) is 17.3 Å². The van der Waals surface area contributed by atoms with Crippen molar-refractivity contribution in [3.63, 3.8) is 0 Å². The largest absolute Gasteiger partial charge is 0.505 e. The van der Waals surface area contributed by atoms with Crippen molar-refractivity contribution in [3.8, 4) is 11.8 Å². The van der Waals surface area contributed by atoms with Crippen molar-refractivity contribution in [1.29, 1.82) is 5.26 Å². The zero-order valence-corrected chi connectivity index (χ0v) is 10.7. The first-order chi connectivity index (χ1) is 9.11. The lowest BCUT2D eigenvalue weighted by Gasteiger charge is -2.05. The van der Waals surface area contributed by atoms with Crippen LogP contribution < -0.4 is 5.32 Å². The molecule has 0 saturated heterocycles. The summed E-state index contributed by atoms with van der Waals surface area (Å²) in [5, 5.41) is 34.3. The number of benzene rings is 1. The summed E-state index contributed by atoms with van der Waals surface area (Å²) < 4.78 is 0. The van der Waals surface area contributed by atoms with Gasteiger partial charge in [-0.2, -0.15) is 10.5 Å². The molecule has 0 radical (unpaired) electrons. The van der Waals surface area contributed by atoms with E-state index in [0.29, 0.717) is 5.69 Å². The van der Waals surface area contributed by atoms with Gasteiger partial charge in [-0.15, -0.1) is 10.2 Å². The highest BCUT2D eigenvalue weighted by atomic mass is 35.5. The van der Waals surface area contributed by atoms with Gasteiger partial charge in [-0.1, -0.05) is 23.2 Å². The molecule has 1 aromatic heterocycles. The van der Waals surface area contributed by atoms with Gasteiger partial charge in [0.25, 0.3) is 0 Å². The first-order valence-corrected chi connectivity index (χ1v) is 5.66. The second kappa shape index (κ2) is 5.56. The molecule has 0 atom stereocenters. The SMILES string of the molecule is N#CC(=CNc1cc(Cl)c(O)c(Cl)c1)c1nn[nH]n1. The average molecular weight is 297 g/mol. The van der Waals surface area contributed by atoms with Crippen LogP contribution in [0.15, 0.2) is 18.3 Å². The van der Waals surface area contributed by atoms with Crippen LogP contribution in [0, 0.1) is 11.3 Å². The first kappa shape index (κ1) is 13.1. The van der Waals surface area contributed by atoms with Gasteiger partial charge in [0.2, 0.25) is 5.82 Å². The van der Waals surface area contributed by atoms with E-state index in [9.17, 15) is 5.11 Å². The van der Waals surface area contributed by atoms with Crippen LogP contribution in [-0.2, 0) is 0 Å². The zero-order valence-electron chi connectivity index (χ0n) is 9.22. The number of rotatable bonds is 3. The Morgan fingerprint density at radius 1 is 1.42 bits per heavy atom. The van der Waals surface area contributed by atoms with Crippen molar-refractivity contribution >= 4 is 34.5 Å². The third kappa shape index (κ3) is 2.93. The van der Waals surface area contributed by atoms with Gasteiger partial charge in [-0.25, -0.2) is 0 Å². The molecule has 0 aliphatic rings. The highest BCUT2D eigenvalue weighted by Gasteiger charge is 2.08. The van der Waals surface area contributed by atoms with E-state index in [1.165, 1.54) is 18.3 Å². The smallest absolute Gasteiger partial charge is 0.216 e. The molecule has 0 fully saturated rings.